The van der Waals surface area contributed by atoms with Gasteiger partial charge >= 0.3 is 0 Å². The molecule has 11 aromatic rings. The van der Waals surface area contributed by atoms with E-state index in [0.29, 0.717) is 0 Å². The molecule has 1 aliphatic rings. The van der Waals surface area contributed by atoms with Crippen LogP contribution in [0.3, 0.4) is 0 Å². The standard InChI is InChI=1S/C71H52N2/c1-51(58-36-32-52-18-14-16-20-59(52)48-58)69-47-42-61(56-40-45-68(46-41-56)73(65-26-10-4-11-27-65)66-28-12-5-13-29-66)50-70(69)71(62-37-33-53-19-15-17-21-60(53)49-62)57-34-30-54(31-35-57)55-38-43-67(44-39-55)72(63-22-6-2-7-23-63)64-24-8-3-9-25-64/h2-34,36-50H,1,35H2/b71-57-. The molecule has 346 valence electrons. The molecule has 11 aromatic carbocycles. The molecule has 0 N–H and O–H groups in total. The van der Waals surface area contributed by atoms with Crippen molar-refractivity contribution >= 4 is 72.4 Å². The number of fused-ring (bicyclic) bond motifs is 2. The smallest absolute Gasteiger partial charge is 0.0462 e. The maximum Gasteiger partial charge on any atom is 0.0462 e. The zero-order valence-corrected chi connectivity index (χ0v) is 40.5. The lowest BCUT2D eigenvalue weighted by Crippen LogP contribution is -2.09. The molecule has 0 bridgehead atoms. The highest BCUT2D eigenvalue weighted by Crippen LogP contribution is 2.43. The van der Waals surface area contributed by atoms with Crippen LogP contribution < -0.4 is 9.80 Å². The summed E-state index contributed by atoms with van der Waals surface area (Å²) in [5.41, 5.74) is 19.3. The van der Waals surface area contributed by atoms with E-state index in [9.17, 15) is 0 Å². The summed E-state index contributed by atoms with van der Waals surface area (Å²) in [6.45, 7) is 4.87. The van der Waals surface area contributed by atoms with Gasteiger partial charge in [-0.3, -0.25) is 0 Å². The van der Waals surface area contributed by atoms with Crippen molar-refractivity contribution < 1.29 is 0 Å². The third-order valence-corrected chi connectivity index (χ3v) is 14.1. The number of hydrogen-bond donors (Lipinski definition) is 0. The second-order valence-corrected chi connectivity index (χ2v) is 18.6. The van der Waals surface area contributed by atoms with Crippen molar-refractivity contribution in [1.82, 2.24) is 0 Å². The van der Waals surface area contributed by atoms with Gasteiger partial charge in [0.2, 0.25) is 0 Å². The zero-order valence-electron chi connectivity index (χ0n) is 40.5. The molecular formula is C71H52N2. The zero-order chi connectivity index (χ0) is 48.9. The molecule has 73 heavy (non-hydrogen) atoms. The molecule has 2 heteroatoms. The Morgan fingerprint density at radius 2 is 0.726 bits per heavy atom. The van der Waals surface area contributed by atoms with Gasteiger partial charge in [0.25, 0.3) is 0 Å². The highest BCUT2D eigenvalue weighted by molar-refractivity contribution is 5.99. The van der Waals surface area contributed by atoms with Crippen LogP contribution in [-0.2, 0) is 0 Å². The average Bonchev–Trinajstić information content (AvgIpc) is 3.47. The molecule has 1 aliphatic carbocycles. The van der Waals surface area contributed by atoms with Crippen LogP contribution in [0, 0.1) is 0 Å². The highest BCUT2D eigenvalue weighted by atomic mass is 15.1. The normalized spacial score (nSPS) is 12.8. The Labute approximate surface area is 428 Å². The first kappa shape index (κ1) is 44.7. The molecule has 0 radical (unpaired) electrons. The lowest BCUT2D eigenvalue weighted by atomic mass is 9.82. The van der Waals surface area contributed by atoms with Gasteiger partial charge in [-0.05, 0) is 180 Å². The second kappa shape index (κ2) is 20.1. The number of rotatable bonds is 12. The predicted octanol–water partition coefficient (Wildman–Crippen LogP) is 19.5. The average molecular weight is 933 g/mol. The summed E-state index contributed by atoms with van der Waals surface area (Å²) in [7, 11) is 0. The van der Waals surface area contributed by atoms with Crippen LogP contribution in [0.2, 0.25) is 0 Å². The molecule has 2 nitrogen and oxygen atoms in total. The molecule has 0 aromatic heterocycles. The van der Waals surface area contributed by atoms with Gasteiger partial charge in [-0.25, -0.2) is 0 Å². The van der Waals surface area contributed by atoms with Crippen molar-refractivity contribution in [1.29, 1.82) is 0 Å². The summed E-state index contributed by atoms with van der Waals surface area (Å²) >= 11 is 0. The van der Waals surface area contributed by atoms with Crippen molar-refractivity contribution in [2.75, 3.05) is 9.80 Å². The molecular weight excluding hydrogens is 881 g/mol. The van der Waals surface area contributed by atoms with Crippen molar-refractivity contribution in [2.45, 2.75) is 6.42 Å². The fourth-order valence-electron chi connectivity index (χ4n) is 10.3. The first-order chi connectivity index (χ1) is 36.1. The van der Waals surface area contributed by atoms with Gasteiger partial charge in [0.05, 0.1) is 0 Å². The minimum absolute atomic E-state index is 0.755. The fraction of sp³-hybridized carbons (Fsp3) is 0.0141. The van der Waals surface area contributed by atoms with E-state index in [1.807, 2.05) is 0 Å². The summed E-state index contributed by atoms with van der Waals surface area (Å²) in [5.74, 6) is 0. The topological polar surface area (TPSA) is 6.48 Å². The molecule has 0 unspecified atom stereocenters. The first-order valence-electron chi connectivity index (χ1n) is 25.1. The molecule has 0 amide bonds. The lowest BCUT2D eigenvalue weighted by molar-refractivity contribution is 1.26. The Bertz CT molecular complexity index is 3770. The van der Waals surface area contributed by atoms with Crippen LogP contribution in [0.25, 0.3) is 49.4 Å². The summed E-state index contributed by atoms with van der Waals surface area (Å²) in [5, 5.41) is 4.83. The van der Waals surface area contributed by atoms with Crippen LogP contribution in [0.15, 0.2) is 303 Å². The Kier molecular flexibility index (Phi) is 12.3. The van der Waals surface area contributed by atoms with E-state index >= 15 is 0 Å². The number of para-hydroxylation sites is 4. The summed E-state index contributed by atoms with van der Waals surface area (Å²) in [6, 6.07) is 98.1. The summed E-state index contributed by atoms with van der Waals surface area (Å²) in [6.07, 6.45) is 7.79. The van der Waals surface area contributed by atoms with E-state index in [-0.39, 0.29) is 0 Å². The van der Waals surface area contributed by atoms with Gasteiger partial charge in [0.15, 0.2) is 0 Å². The van der Waals surface area contributed by atoms with Crippen LogP contribution in [0.4, 0.5) is 34.1 Å². The largest absolute Gasteiger partial charge is 0.311 e. The summed E-state index contributed by atoms with van der Waals surface area (Å²) in [4.78, 5) is 4.62. The molecule has 0 atom stereocenters. The fourth-order valence-corrected chi connectivity index (χ4v) is 10.3. The van der Waals surface area contributed by atoms with Gasteiger partial charge in [-0.2, -0.15) is 0 Å². The van der Waals surface area contributed by atoms with E-state index in [1.54, 1.807) is 0 Å². The minimum atomic E-state index is 0.755. The van der Waals surface area contributed by atoms with Crippen molar-refractivity contribution in [3.63, 3.8) is 0 Å². The van der Waals surface area contributed by atoms with Gasteiger partial charge in [0, 0.05) is 34.1 Å². The predicted molar refractivity (Wildman–Crippen MR) is 311 cm³/mol. The van der Waals surface area contributed by atoms with E-state index in [0.717, 1.165) is 73.9 Å². The van der Waals surface area contributed by atoms with E-state index in [1.165, 1.54) is 49.4 Å². The van der Waals surface area contributed by atoms with Gasteiger partial charge in [-0.15, -0.1) is 0 Å². The molecule has 0 saturated carbocycles. The molecule has 12 rings (SSSR count). The van der Waals surface area contributed by atoms with Crippen LogP contribution in [0.5, 0.6) is 0 Å². The SMILES string of the molecule is C=C(c1ccc2ccccc2c1)c1ccc(-c2ccc(N(c3ccccc3)c3ccccc3)cc2)cc1/C(=C1/C=CC(c2ccc(N(c3ccccc3)c3ccccc3)cc2)=CC1)c1ccc2ccccc2c1. The lowest BCUT2D eigenvalue weighted by Gasteiger charge is -2.26. The van der Waals surface area contributed by atoms with Crippen molar-refractivity contribution in [2.24, 2.45) is 0 Å². The van der Waals surface area contributed by atoms with Crippen LogP contribution in [0.1, 0.15) is 34.2 Å². The third kappa shape index (κ3) is 9.22. The van der Waals surface area contributed by atoms with Crippen molar-refractivity contribution in [3.05, 3.63) is 331 Å². The van der Waals surface area contributed by atoms with E-state index in [4.69, 9.17) is 6.58 Å². The maximum absolute atomic E-state index is 4.87. The Morgan fingerprint density at radius 3 is 1.21 bits per heavy atom. The second-order valence-electron chi connectivity index (χ2n) is 18.6. The number of hydrogen-bond acceptors (Lipinski definition) is 2. The monoisotopic (exact) mass is 932 g/mol. The van der Waals surface area contributed by atoms with E-state index < -0.39 is 0 Å². The van der Waals surface area contributed by atoms with Crippen molar-refractivity contribution in [3.8, 4) is 11.1 Å². The number of benzene rings is 11. The van der Waals surface area contributed by atoms with Gasteiger partial charge in [-0.1, -0.05) is 207 Å². The van der Waals surface area contributed by atoms with Crippen LogP contribution >= 0.6 is 0 Å². The first-order valence-corrected chi connectivity index (χ1v) is 25.1. The molecule has 0 saturated heterocycles. The molecule has 0 aliphatic heterocycles. The van der Waals surface area contributed by atoms with Gasteiger partial charge < -0.3 is 9.80 Å². The number of anilines is 6. The number of nitrogens with zero attached hydrogens (tertiary/aromatic N) is 2. The maximum atomic E-state index is 4.87. The highest BCUT2D eigenvalue weighted by Gasteiger charge is 2.21. The molecule has 0 fully saturated rings. The Hall–Kier alpha value is -9.50. The summed E-state index contributed by atoms with van der Waals surface area (Å²) < 4.78 is 0. The van der Waals surface area contributed by atoms with Crippen LogP contribution in [-0.4, -0.2) is 0 Å². The van der Waals surface area contributed by atoms with Gasteiger partial charge in [0.1, 0.15) is 0 Å². The molecule has 0 spiro atoms. The molecule has 0 heterocycles. The Morgan fingerprint density at radius 1 is 0.315 bits per heavy atom. The third-order valence-electron chi connectivity index (χ3n) is 14.1. The minimum Gasteiger partial charge on any atom is -0.311 e. The Balaban J connectivity index is 0.971. The number of allylic oxidation sites excluding steroid dienone is 5. The van der Waals surface area contributed by atoms with E-state index in [2.05, 4.69) is 301 Å². The quantitative estimate of drug-likeness (QED) is 0.120.